The molecule has 8 heteroatoms. The summed E-state index contributed by atoms with van der Waals surface area (Å²) in [5, 5.41) is 1.06. The highest BCUT2D eigenvalue weighted by molar-refractivity contribution is 6.45. The first-order chi connectivity index (χ1) is 13.4. The second kappa shape index (κ2) is 8.61. The zero-order valence-electron chi connectivity index (χ0n) is 14.6. The van der Waals surface area contributed by atoms with E-state index in [1.165, 1.54) is 6.20 Å². The summed E-state index contributed by atoms with van der Waals surface area (Å²) in [6.45, 7) is 1.83. The van der Waals surface area contributed by atoms with E-state index in [1.807, 2.05) is 19.1 Å². The normalized spacial score (nSPS) is 10.4. The zero-order chi connectivity index (χ0) is 20.3. The molecule has 0 radical (unpaired) electrons. The number of para-hydroxylation sites is 1. The Hall–Kier alpha value is -2.60. The van der Waals surface area contributed by atoms with Crippen LogP contribution < -0.4 is 10.4 Å². The molecule has 0 saturated heterocycles. The summed E-state index contributed by atoms with van der Waals surface area (Å²) in [6, 6.07) is 15.7. The highest BCUT2D eigenvalue weighted by atomic mass is 35.5. The molecule has 2 amide bonds. The van der Waals surface area contributed by atoms with Crippen molar-refractivity contribution in [3.05, 3.63) is 92.7 Å². The van der Waals surface area contributed by atoms with Gasteiger partial charge in [0.25, 0.3) is 11.8 Å². The SMILES string of the molecule is Cc1ccccc1N(NC(=O)c1c(Cl)ncc(Cl)c1Cl)C(=O)c1ccccc1. The van der Waals surface area contributed by atoms with Gasteiger partial charge in [0, 0.05) is 11.8 Å². The van der Waals surface area contributed by atoms with Gasteiger partial charge in [-0.3, -0.25) is 15.0 Å². The molecular formula is C20H14Cl3N3O2. The van der Waals surface area contributed by atoms with Crippen LogP contribution in [0.2, 0.25) is 15.2 Å². The number of aryl methyl sites for hydroxylation is 1. The van der Waals surface area contributed by atoms with Crippen molar-refractivity contribution in [1.29, 1.82) is 0 Å². The summed E-state index contributed by atoms with van der Waals surface area (Å²) < 4.78 is 0. The van der Waals surface area contributed by atoms with E-state index >= 15 is 0 Å². The van der Waals surface area contributed by atoms with Crippen LogP contribution >= 0.6 is 34.8 Å². The number of hydrogen-bond acceptors (Lipinski definition) is 3. The molecule has 142 valence electrons. The Kier molecular flexibility index (Phi) is 6.19. The summed E-state index contributed by atoms with van der Waals surface area (Å²) in [4.78, 5) is 29.8. The maximum Gasteiger partial charge on any atom is 0.277 e. The lowest BCUT2D eigenvalue weighted by molar-refractivity contribution is 0.0887. The van der Waals surface area contributed by atoms with E-state index in [0.717, 1.165) is 10.6 Å². The number of amides is 2. The minimum Gasteiger partial charge on any atom is -0.267 e. The zero-order valence-corrected chi connectivity index (χ0v) is 16.9. The monoisotopic (exact) mass is 433 g/mol. The van der Waals surface area contributed by atoms with Crippen LogP contribution in [0.3, 0.4) is 0 Å². The maximum atomic E-state index is 13.1. The smallest absolute Gasteiger partial charge is 0.267 e. The Bertz CT molecular complexity index is 1040. The summed E-state index contributed by atoms with van der Waals surface area (Å²) in [5.74, 6) is -1.14. The number of aromatic nitrogens is 1. The van der Waals surface area contributed by atoms with Gasteiger partial charge >= 0.3 is 0 Å². The molecule has 1 N–H and O–H groups in total. The van der Waals surface area contributed by atoms with E-state index in [-0.39, 0.29) is 20.8 Å². The van der Waals surface area contributed by atoms with E-state index in [2.05, 4.69) is 10.4 Å². The molecular weight excluding hydrogens is 421 g/mol. The maximum absolute atomic E-state index is 13.1. The number of nitrogens with zero attached hydrogens (tertiary/aromatic N) is 2. The largest absolute Gasteiger partial charge is 0.277 e. The standard InChI is InChI=1S/C20H14Cl3N3O2/c1-12-7-5-6-10-15(12)26(20(28)13-8-3-2-4-9-13)25-19(27)16-17(22)14(21)11-24-18(16)23/h2-11H,1H3,(H,25,27). The predicted octanol–water partition coefficient (Wildman–Crippen LogP) is 5.34. The second-order valence-corrected chi connectivity index (χ2v) is 6.96. The van der Waals surface area contributed by atoms with Gasteiger partial charge in [0.1, 0.15) is 5.15 Å². The predicted molar refractivity (Wildman–Crippen MR) is 111 cm³/mol. The molecule has 0 aliphatic carbocycles. The molecule has 0 aliphatic rings. The molecule has 3 aromatic rings. The van der Waals surface area contributed by atoms with Gasteiger partial charge in [0.15, 0.2) is 0 Å². The van der Waals surface area contributed by atoms with Gasteiger partial charge in [-0.05, 0) is 30.7 Å². The number of pyridine rings is 1. The minimum absolute atomic E-state index is 0.0453. The fraction of sp³-hybridized carbons (Fsp3) is 0.0500. The van der Waals surface area contributed by atoms with Crippen molar-refractivity contribution in [2.45, 2.75) is 6.92 Å². The van der Waals surface area contributed by atoms with E-state index in [0.29, 0.717) is 11.3 Å². The number of nitrogens with one attached hydrogen (secondary N) is 1. The minimum atomic E-state index is -0.711. The third kappa shape index (κ3) is 4.12. The van der Waals surface area contributed by atoms with Crippen LogP contribution in [-0.4, -0.2) is 16.8 Å². The van der Waals surface area contributed by atoms with Crippen LogP contribution in [0.1, 0.15) is 26.3 Å². The van der Waals surface area contributed by atoms with Gasteiger partial charge in [-0.15, -0.1) is 0 Å². The lowest BCUT2D eigenvalue weighted by Crippen LogP contribution is -2.47. The Morgan fingerprint density at radius 1 is 0.964 bits per heavy atom. The summed E-state index contributed by atoms with van der Waals surface area (Å²) in [7, 11) is 0. The van der Waals surface area contributed by atoms with Crippen LogP contribution in [-0.2, 0) is 0 Å². The number of carbonyl (C=O) groups is 2. The average molecular weight is 435 g/mol. The summed E-state index contributed by atoms with van der Waals surface area (Å²) in [5.41, 5.74) is 4.15. The molecule has 0 spiro atoms. The van der Waals surface area contributed by atoms with Crippen molar-refractivity contribution in [2.24, 2.45) is 0 Å². The van der Waals surface area contributed by atoms with Gasteiger partial charge < -0.3 is 0 Å². The number of halogens is 3. The van der Waals surface area contributed by atoms with Crippen LogP contribution in [0.5, 0.6) is 0 Å². The van der Waals surface area contributed by atoms with E-state index in [4.69, 9.17) is 34.8 Å². The highest BCUT2D eigenvalue weighted by Crippen LogP contribution is 2.30. The van der Waals surface area contributed by atoms with Gasteiger partial charge in [0.2, 0.25) is 0 Å². The molecule has 5 nitrogen and oxygen atoms in total. The molecule has 0 unspecified atom stereocenters. The second-order valence-electron chi connectivity index (χ2n) is 5.82. The Balaban J connectivity index is 2.04. The molecule has 28 heavy (non-hydrogen) atoms. The lowest BCUT2D eigenvalue weighted by Gasteiger charge is -2.25. The first-order valence-corrected chi connectivity index (χ1v) is 9.29. The number of rotatable bonds is 3. The molecule has 0 bridgehead atoms. The van der Waals surface area contributed by atoms with Crippen molar-refractivity contribution in [1.82, 2.24) is 10.4 Å². The van der Waals surface area contributed by atoms with Crippen molar-refractivity contribution >= 4 is 52.3 Å². The molecule has 0 aliphatic heterocycles. The van der Waals surface area contributed by atoms with Gasteiger partial charge in [-0.1, -0.05) is 71.2 Å². The number of anilines is 1. The van der Waals surface area contributed by atoms with Crippen molar-refractivity contribution in [2.75, 3.05) is 5.01 Å². The van der Waals surface area contributed by atoms with Crippen LogP contribution in [0.25, 0.3) is 0 Å². The van der Waals surface area contributed by atoms with Crippen molar-refractivity contribution in [3.8, 4) is 0 Å². The quantitative estimate of drug-likeness (QED) is 0.447. The third-order valence-corrected chi connectivity index (χ3v) is 5.01. The Labute approximate surface area is 176 Å². The number of hydrogen-bond donors (Lipinski definition) is 1. The third-order valence-electron chi connectivity index (χ3n) is 3.95. The number of hydrazine groups is 1. The topological polar surface area (TPSA) is 62.3 Å². The van der Waals surface area contributed by atoms with Gasteiger partial charge in [0.05, 0.1) is 21.3 Å². The average Bonchev–Trinajstić information content (AvgIpc) is 2.70. The number of carbonyl (C=O) groups excluding carboxylic acids is 2. The van der Waals surface area contributed by atoms with Crippen molar-refractivity contribution in [3.63, 3.8) is 0 Å². The van der Waals surface area contributed by atoms with E-state index in [1.54, 1.807) is 42.5 Å². The molecule has 2 aromatic carbocycles. The Morgan fingerprint density at radius 2 is 1.61 bits per heavy atom. The molecule has 0 fully saturated rings. The Morgan fingerprint density at radius 3 is 2.29 bits per heavy atom. The number of benzene rings is 2. The fourth-order valence-electron chi connectivity index (χ4n) is 2.54. The van der Waals surface area contributed by atoms with Crippen LogP contribution in [0.15, 0.2) is 60.8 Å². The molecule has 1 aromatic heterocycles. The van der Waals surface area contributed by atoms with Gasteiger partial charge in [-0.2, -0.15) is 0 Å². The molecule has 3 rings (SSSR count). The summed E-state index contributed by atoms with van der Waals surface area (Å²) >= 11 is 18.1. The van der Waals surface area contributed by atoms with E-state index in [9.17, 15) is 9.59 Å². The first kappa shape index (κ1) is 20.1. The fourth-order valence-corrected chi connectivity index (χ4v) is 3.18. The first-order valence-electron chi connectivity index (χ1n) is 8.15. The molecule has 0 atom stereocenters. The molecule has 1 heterocycles. The summed E-state index contributed by atoms with van der Waals surface area (Å²) in [6.07, 6.45) is 1.25. The van der Waals surface area contributed by atoms with Crippen molar-refractivity contribution < 1.29 is 9.59 Å². The molecule has 0 saturated carbocycles. The van der Waals surface area contributed by atoms with Crippen LogP contribution in [0.4, 0.5) is 5.69 Å². The lowest BCUT2D eigenvalue weighted by atomic mass is 10.1. The van der Waals surface area contributed by atoms with Gasteiger partial charge in [-0.25, -0.2) is 9.99 Å². The highest BCUT2D eigenvalue weighted by Gasteiger charge is 2.25. The van der Waals surface area contributed by atoms with E-state index < -0.39 is 11.8 Å². The van der Waals surface area contributed by atoms with Crippen LogP contribution in [0, 0.1) is 6.92 Å².